The van der Waals surface area contributed by atoms with Crippen LogP contribution in [-0.4, -0.2) is 84.5 Å². The number of carbonyl (C=O) groups is 5. The molecule has 2 rings (SSSR count). The Labute approximate surface area is 250 Å². The van der Waals surface area contributed by atoms with E-state index in [1.807, 2.05) is 27.7 Å². The molecule has 0 aromatic heterocycles. The normalized spacial score (nSPS) is 22.3. The van der Waals surface area contributed by atoms with Gasteiger partial charge in [-0.2, -0.15) is 0 Å². The number of nitrogens with zero attached hydrogens (tertiary/aromatic N) is 1. The summed E-state index contributed by atoms with van der Waals surface area (Å²) in [7, 11) is 0. The van der Waals surface area contributed by atoms with Crippen molar-refractivity contribution < 1.29 is 33.4 Å². The van der Waals surface area contributed by atoms with Crippen molar-refractivity contribution in [2.75, 3.05) is 26.3 Å². The summed E-state index contributed by atoms with van der Waals surface area (Å²) in [5.74, 6) is -2.43. The molecule has 0 radical (unpaired) electrons. The monoisotopic (exact) mass is 592 g/mol. The van der Waals surface area contributed by atoms with Crippen LogP contribution in [0.25, 0.3) is 0 Å². The molecule has 1 heterocycles. The average molecular weight is 593 g/mol. The maximum Gasteiger partial charge on any atom is 0.408 e. The number of hydrogen-bond acceptors (Lipinski definition) is 7. The van der Waals surface area contributed by atoms with Crippen molar-refractivity contribution in [1.29, 1.82) is 0 Å². The van der Waals surface area contributed by atoms with E-state index in [1.165, 1.54) is 4.90 Å². The lowest BCUT2D eigenvalue weighted by Gasteiger charge is -2.38. The van der Waals surface area contributed by atoms with Crippen molar-refractivity contribution in [3.8, 4) is 0 Å². The summed E-state index contributed by atoms with van der Waals surface area (Å²) in [5.41, 5.74) is -1.60. The lowest BCUT2D eigenvalue weighted by molar-refractivity contribution is -0.145. The summed E-state index contributed by atoms with van der Waals surface area (Å²) in [6.45, 7) is 22.0. The minimum Gasteiger partial charge on any atom is -0.444 e. The Balaban J connectivity index is 2.25. The first-order valence-corrected chi connectivity index (χ1v) is 15.0. The Morgan fingerprint density at radius 2 is 1.71 bits per heavy atom. The zero-order valence-electron chi connectivity index (χ0n) is 26.9. The lowest BCUT2D eigenvalue weighted by atomic mass is 9.85. The van der Waals surface area contributed by atoms with Crippen molar-refractivity contribution in [1.82, 2.24) is 20.9 Å². The Morgan fingerprint density at radius 1 is 1.07 bits per heavy atom. The van der Waals surface area contributed by atoms with Crippen LogP contribution in [0, 0.1) is 22.7 Å². The maximum absolute atomic E-state index is 14.0. The second kappa shape index (κ2) is 14.0. The molecule has 1 saturated carbocycles. The van der Waals surface area contributed by atoms with Gasteiger partial charge in [-0.05, 0) is 69.6 Å². The number of nitrogens with one attached hydrogen (secondary N) is 3. The summed E-state index contributed by atoms with van der Waals surface area (Å²) >= 11 is 0. The third-order valence-corrected chi connectivity index (χ3v) is 8.01. The highest BCUT2D eigenvalue weighted by atomic mass is 16.6. The molecule has 0 spiro atoms. The third kappa shape index (κ3) is 9.02. The molecule has 0 aromatic carbocycles. The first-order valence-electron chi connectivity index (χ1n) is 15.0. The minimum absolute atomic E-state index is 0.0929. The molecule has 1 saturated heterocycles. The number of allylic oxidation sites excluding steroid dienone is 1. The highest BCUT2D eigenvalue weighted by Gasteiger charge is 2.70. The number of carbonyl (C=O) groups excluding carboxylic acids is 5. The number of Topliss-reactive ketones (excluding diaryl/α,β-unsaturated/α-hetero) is 1. The van der Waals surface area contributed by atoms with Crippen molar-refractivity contribution in [3.05, 3.63) is 12.7 Å². The summed E-state index contributed by atoms with van der Waals surface area (Å²) in [5, 5.41) is 8.11. The molecule has 3 N–H and O–H groups in total. The van der Waals surface area contributed by atoms with Crippen LogP contribution >= 0.6 is 0 Å². The van der Waals surface area contributed by atoms with E-state index < -0.39 is 58.7 Å². The van der Waals surface area contributed by atoms with Gasteiger partial charge in [0, 0.05) is 26.3 Å². The molecule has 2 aliphatic rings. The molecule has 42 heavy (non-hydrogen) atoms. The van der Waals surface area contributed by atoms with Crippen LogP contribution in [0.2, 0.25) is 0 Å². The van der Waals surface area contributed by atoms with Gasteiger partial charge in [0.1, 0.15) is 17.7 Å². The van der Waals surface area contributed by atoms with Gasteiger partial charge in [-0.25, -0.2) is 4.79 Å². The zero-order valence-corrected chi connectivity index (χ0v) is 26.9. The Kier molecular flexibility index (Phi) is 11.8. The molecule has 11 heteroatoms. The molecule has 1 unspecified atom stereocenters. The van der Waals surface area contributed by atoms with Crippen LogP contribution in [0.3, 0.4) is 0 Å². The molecule has 2 fully saturated rings. The van der Waals surface area contributed by atoms with E-state index in [4.69, 9.17) is 9.47 Å². The van der Waals surface area contributed by atoms with Crippen LogP contribution < -0.4 is 16.0 Å². The van der Waals surface area contributed by atoms with Gasteiger partial charge in [-0.15, -0.1) is 6.58 Å². The first kappa shape index (κ1) is 35.2. The van der Waals surface area contributed by atoms with Crippen molar-refractivity contribution >= 4 is 29.6 Å². The molecule has 1 aliphatic carbocycles. The topological polar surface area (TPSA) is 143 Å². The van der Waals surface area contributed by atoms with Gasteiger partial charge in [-0.3, -0.25) is 19.2 Å². The Morgan fingerprint density at radius 3 is 2.26 bits per heavy atom. The maximum atomic E-state index is 14.0. The Bertz CT molecular complexity index is 1030. The minimum atomic E-state index is -1.07. The number of hydrogen-bond donors (Lipinski definition) is 3. The summed E-state index contributed by atoms with van der Waals surface area (Å²) < 4.78 is 10.7. The quantitative estimate of drug-likeness (QED) is 0.160. The Hall–Kier alpha value is -2.95. The number of likely N-dealkylation sites (tertiary alicyclic amines) is 1. The SMILES string of the molecule is C=CCCC(NC(=O)[C@@H]1[C@@H]2[C@H](CN1C(=O)[C@@H](NC(=O)OC(C)(C)C)C(C)(C)C)C2(C)C)C(=O)C(=O)NCCCOCC. The van der Waals surface area contributed by atoms with E-state index in [-0.39, 0.29) is 30.2 Å². The van der Waals surface area contributed by atoms with Gasteiger partial charge in [0.25, 0.3) is 5.91 Å². The molecular weight excluding hydrogens is 540 g/mol. The molecular formula is C31H52N4O7. The average Bonchev–Trinajstić information content (AvgIpc) is 3.20. The number of rotatable bonds is 14. The van der Waals surface area contributed by atoms with Crippen LogP contribution in [0.1, 0.15) is 81.6 Å². The lowest BCUT2D eigenvalue weighted by Crippen LogP contribution is -2.60. The largest absolute Gasteiger partial charge is 0.444 e. The molecule has 11 nitrogen and oxygen atoms in total. The first-order chi connectivity index (χ1) is 19.4. The fourth-order valence-electron chi connectivity index (χ4n) is 5.63. The molecule has 1 aliphatic heterocycles. The van der Waals surface area contributed by atoms with Crippen molar-refractivity contribution in [2.45, 2.75) is 105 Å². The predicted molar refractivity (Wildman–Crippen MR) is 159 cm³/mol. The van der Waals surface area contributed by atoms with Crippen LogP contribution in [-0.2, 0) is 28.7 Å². The number of ether oxygens (including phenoxy) is 2. The number of ketones is 1. The highest BCUT2D eigenvalue weighted by Crippen LogP contribution is 2.65. The fraction of sp³-hybridized carbons (Fsp3) is 0.774. The van der Waals surface area contributed by atoms with E-state index in [2.05, 4.69) is 36.4 Å². The molecule has 4 amide bonds. The van der Waals surface area contributed by atoms with E-state index in [0.29, 0.717) is 32.6 Å². The van der Waals surface area contributed by atoms with Gasteiger partial charge in [0.2, 0.25) is 17.6 Å². The van der Waals surface area contributed by atoms with Crippen LogP contribution in [0.5, 0.6) is 0 Å². The van der Waals surface area contributed by atoms with Crippen LogP contribution in [0.4, 0.5) is 4.79 Å². The van der Waals surface area contributed by atoms with Gasteiger partial charge < -0.3 is 30.3 Å². The number of alkyl carbamates (subject to hydrolysis) is 1. The van der Waals surface area contributed by atoms with Gasteiger partial charge in [0.05, 0.1) is 6.04 Å². The summed E-state index contributed by atoms with van der Waals surface area (Å²) in [6.07, 6.45) is 2.06. The molecule has 238 valence electrons. The van der Waals surface area contributed by atoms with E-state index >= 15 is 0 Å². The van der Waals surface area contributed by atoms with Crippen LogP contribution in [0.15, 0.2) is 12.7 Å². The number of fused-ring (bicyclic) bond motifs is 1. The van der Waals surface area contributed by atoms with Gasteiger partial charge in [-0.1, -0.05) is 40.7 Å². The molecule has 0 aromatic rings. The molecule has 0 bridgehead atoms. The fourth-order valence-corrected chi connectivity index (χ4v) is 5.63. The van der Waals surface area contributed by atoms with Gasteiger partial charge in [0.15, 0.2) is 0 Å². The highest BCUT2D eigenvalue weighted by molar-refractivity contribution is 6.38. The molecule has 5 atom stereocenters. The second-order valence-corrected chi connectivity index (χ2v) is 13.9. The third-order valence-electron chi connectivity index (χ3n) is 8.01. The van der Waals surface area contributed by atoms with E-state index in [9.17, 15) is 24.0 Å². The second-order valence-electron chi connectivity index (χ2n) is 13.9. The smallest absolute Gasteiger partial charge is 0.408 e. The zero-order chi connectivity index (χ0) is 32.0. The predicted octanol–water partition coefficient (Wildman–Crippen LogP) is 2.97. The summed E-state index contributed by atoms with van der Waals surface area (Å²) in [4.78, 5) is 67.8. The standard InChI is InChI=1S/C31H52N4O7/c1-11-13-15-20(23(36)26(38)32-16-14-17-41-12-2)33-25(37)22-21-19(31(21,9)10)18-35(22)27(39)24(29(3,4)5)34-28(40)42-30(6,7)8/h11,19-22,24H,1,12-18H2,2-10H3,(H,32,38)(H,33,37)(H,34,40)/t19-,20?,21-,22-,24+/m0/s1. The van der Waals surface area contributed by atoms with E-state index in [0.717, 1.165) is 0 Å². The van der Waals surface area contributed by atoms with Crippen molar-refractivity contribution in [3.63, 3.8) is 0 Å². The summed E-state index contributed by atoms with van der Waals surface area (Å²) in [6, 6.07) is -2.88. The van der Waals surface area contributed by atoms with Crippen molar-refractivity contribution in [2.24, 2.45) is 22.7 Å². The van der Waals surface area contributed by atoms with E-state index in [1.54, 1.807) is 26.8 Å². The van der Waals surface area contributed by atoms with Gasteiger partial charge >= 0.3 is 6.09 Å². The number of amides is 4. The number of piperidine rings is 1.